The van der Waals surface area contributed by atoms with Gasteiger partial charge in [0.1, 0.15) is 5.82 Å². The molecule has 82 valence electrons. The van der Waals surface area contributed by atoms with E-state index in [9.17, 15) is 0 Å². The summed E-state index contributed by atoms with van der Waals surface area (Å²) in [4.78, 5) is 8.67. The molecule has 1 saturated heterocycles. The summed E-state index contributed by atoms with van der Waals surface area (Å²) in [5.74, 6) is 1.25. The molecule has 1 aromatic heterocycles. The van der Waals surface area contributed by atoms with Crippen molar-refractivity contribution in [1.29, 1.82) is 0 Å². The number of hydrogen-bond donors (Lipinski definition) is 1. The molecule has 2 rings (SSSR count). The van der Waals surface area contributed by atoms with Crippen molar-refractivity contribution in [2.45, 2.75) is 31.7 Å². The topological polar surface area (TPSA) is 61.0 Å². The number of nitrogens with two attached hydrogens (primary N) is 1. The minimum Gasteiger partial charge on any atom is -0.381 e. The van der Waals surface area contributed by atoms with E-state index >= 15 is 0 Å². The van der Waals surface area contributed by atoms with Crippen LogP contribution in [0.25, 0.3) is 0 Å². The molecule has 0 radical (unpaired) electrons. The van der Waals surface area contributed by atoms with Gasteiger partial charge in [-0.25, -0.2) is 9.97 Å². The molecule has 0 spiro atoms. The monoisotopic (exact) mass is 207 g/mol. The lowest BCUT2D eigenvalue weighted by Crippen LogP contribution is -2.17. The summed E-state index contributed by atoms with van der Waals surface area (Å²) in [5.41, 5.74) is 6.87. The average molecular weight is 207 g/mol. The molecule has 1 fully saturated rings. The lowest BCUT2D eigenvalue weighted by atomic mass is 9.96. The zero-order valence-electron chi connectivity index (χ0n) is 9.02. The maximum atomic E-state index is 5.76. The van der Waals surface area contributed by atoms with Crippen LogP contribution in [0.3, 0.4) is 0 Å². The Morgan fingerprint density at radius 3 is 2.87 bits per heavy atom. The van der Waals surface area contributed by atoms with Crippen LogP contribution in [0, 0.1) is 0 Å². The van der Waals surface area contributed by atoms with E-state index in [1.165, 1.54) is 0 Å². The van der Waals surface area contributed by atoms with E-state index in [1.54, 1.807) is 6.20 Å². The van der Waals surface area contributed by atoms with Gasteiger partial charge in [-0.1, -0.05) is 0 Å². The third-order valence-corrected chi connectivity index (χ3v) is 2.74. The largest absolute Gasteiger partial charge is 0.381 e. The minimum absolute atomic E-state index is 0.0928. The second kappa shape index (κ2) is 4.68. The number of aromatic nitrogens is 2. The Balaban J connectivity index is 2.16. The molecule has 0 aliphatic carbocycles. The van der Waals surface area contributed by atoms with Crippen molar-refractivity contribution >= 4 is 0 Å². The van der Waals surface area contributed by atoms with Gasteiger partial charge in [0, 0.05) is 31.0 Å². The first-order chi connectivity index (χ1) is 7.27. The predicted molar refractivity (Wildman–Crippen MR) is 57.4 cm³/mol. The summed E-state index contributed by atoms with van der Waals surface area (Å²) in [5, 5.41) is 0. The second-order valence-electron chi connectivity index (χ2n) is 4.02. The second-order valence-corrected chi connectivity index (χ2v) is 4.02. The molecule has 15 heavy (non-hydrogen) atoms. The Bertz CT molecular complexity index is 321. The van der Waals surface area contributed by atoms with E-state index in [0.29, 0.717) is 5.92 Å². The Kier molecular flexibility index (Phi) is 3.28. The van der Waals surface area contributed by atoms with Gasteiger partial charge in [0.2, 0.25) is 0 Å². The van der Waals surface area contributed by atoms with E-state index in [2.05, 4.69) is 9.97 Å². The smallest absolute Gasteiger partial charge is 0.144 e. The van der Waals surface area contributed by atoms with Crippen LogP contribution in [0.4, 0.5) is 0 Å². The average Bonchev–Trinajstić information content (AvgIpc) is 2.30. The van der Waals surface area contributed by atoms with Gasteiger partial charge in [-0.2, -0.15) is 0 Å². The van der Waals surface area contributed by atoms with Crippen LogP contribution >= 0.6 is 0 Å². The normalized spacial score (nSPS) is 20.1. The summed E-state index contributed by atoms with van der Waals surface area (Å²) in [6.45, 7) is 3.58. The fourth-order valence-electron chi connectivity index (χ4n) is 1.83. The Labute approximate surface area is 89.9 Å². The highest BCUT2D eigenvalue weighted by Gasteiger charge is 2.18. The fraction of sp³-hybridized carbons (Fsp3) is 0.636. The van der Waals surface area contributed by atoms with E-state index in [0.717, 1.165) is 37.6 Å². The Morgan fingerprint density at radius 2 is 2.20 bits per heavy atom. The van der Waals surface area contributed by atoms with Gasteiger partial charge in [0.05, 0.1) is 6.04 Å². The van der Waals surface area contributed by atoms with E-state index in [1.807, 2.05) is 13.0 Å². The molecule has 0 aromatic carbocycles. The molecule has 1 aromatic rings. The van der Waals surface area contributed by atoms with Crippen LogP contribution < -0.4 is 5.73 Å². The summed E-state index contributed by atoms with van der Waals surface area (Å²) in [6.07, 6.45) is 3.90. The number of hydrogen-bond acceptors (Lipinski definition) is 4. The van der Waals surface area contributed by atoms with Crippen molar-refractivity contribution in [2.75, 3.05) is 13.2 Å². The maximum Gasteiger partial charge on any atom is 0.144 e. The summed E-state index contributed by atoms with van der Waals surface area (Å²) in [6, 6.07) is 1.90. The highest BCUT2D eigenvalue weighted by molar-refractivity contribution is 5.10. The molecule has 1 aliphatic rings. The SMILES string of the molecule is CC(N)c1nccc(C2CCOCC2)n1. The van der Waals surface area contributed by atoms with Crippen molar-refractivity contribution in [3.05, 3.63) is 23.8 Å². The molecule has 2 heterocycles. The number of ether oxygens (including phenoxy) is 1. The highest BCUT2D eigenvalue weighted by Crippen LogP contribution is 2.25. The van der Waals surface area contributed by atoms with Crippen molar-refractivity contribution in [3.63, 3.8) is 0 Å². The van der Waals surface area contributed by atoms with Gasteiger partial charge in [-0.3, -0.25) is 0 Å². The van der Waals surface area contributed by atoms with Gasteiger partial charge in [-0.15, -0.1) is 0 Å². The summed E-state index contributed by atoms with van der Waals surface area (Å²) >= 11 is 0. The van der Waals surface area contributed by atoms with Crippen LogP contribution in [-0.2, 0) is 4.74 Å². The van der Waals surface area contributed by atoms with Crippen LogP contribution in [0.15, 0.2) is 12.3 Å². The van der Waals surface area contributed by atoms with Gasteiger partial charge >= 0.3 is 0 Å². The van der Waals surface area contributed by atoms with E-state index in [-0.39, 0.29) is 6.04 Å². The van der Waals surface area contributed by atoms with Crippen molar-refractivity contribution in [2.24, 2.45) is 5.73 Å². The van der Waals surface area contributed by atoms with Crippen molar-refractivity contribution in [1.82, 2.24) is 9.97 Å². The molecule has 1 aliphatic heterocycles. The molecule has 1 unspecified atom stereocenters. The fourth-order valence-corrected chi connectivity index (χ4v) is 1.83. The lowest BCUT2D eigenvalue weighted by Gasteiger charge is -2.21. The van der Waals surface area contributed by atoms with Gasteiger partial charge < -0.3 is 10.5 Å². The Hall–Kier alpha value is -1.00. The molecule has 0 bridgehead atoms. The van der Waals surface area contributed by atoms with Gasteiger partial charge in [0.15, 0.2) is 0 Å². The predicted octanol–water partition coefficient (Wildman–Crippen LogP) is 1.39. The van der Waals surface area contributed by atoms with E-state index in [4.69, 9.17) is 10.5 Å². The molecule has 0 amide bonds. The lowest BCUT2D eigenvalue weighted by molar-refractivity contribution is 0.0844. The van der Waals surface area contributed by atoms with Gasteiger partial charge in [-0.05, 0) is 25.8 Å². The zero-order valence-corrected chi connectivity index (χ0v) is 9.02. The molecule has 4 nitrogen and oxygen atoms in total. The third-order valence-electron chi connectivity index (χ3n) is 2.74. The molecule has 4 heteroatoms. The van der Waals surface area contributed by atoms with Crippen LogP contribution in [0.1, 0.15) is 43.2 Å². The summed E-state index contributed by atoms with van der Waals surface area (Å²) < 4.78 is 5.33. The first kappa shape index (κ1) is 10.5. The molecular weight excluding hydrogens is 190 g/mol. The molecular formula is C11H17N3O. The summed E-state index contributed by atoms with van der Waals surface area (Å²) in [7, 11) is 0. The third kappa shape index (κ3) is 2.52. The van der Waals surface area contributed by atoms with Gasteiger partial charge in [0.25, 0.3) is 0 Å². The quantitative estimate of drug-likeness (QED) is 0.796. The standard InChI is InChI=1S/C11H17N3O/c1-8(12)11-13-5-2-10(14-11)9-3-6-15-7-4-9/h2,5,8-9H,3-4,6-7,12H2,1H3. The van der Waals surface area contributed by atoms with Crippen LogP contribution in [0.2, 0.25) is 0 Å². The first-order valence-corrected chi connectivity index (χ1v) is 5.43. The maximum absolute atomic E-state index is 5.76. The minimum atomic E-state index is -0.0928. The zero-order chi connectivity index (χ0) is 10.7. The molecule has 2 N–H and O–H groups in total. The van der Waals surface area contributed by atoms with Crippen LogP contribution in [-0.4, -0.2) is 23.2 Å². The van der Waals surface area contributed by atoms with Crippen molar-refractivity contribution < 1.29 is 4.74 Å². The van der Waals surface area contributed by atoms with Crippen molar-refractivity contribution in [3.8, 4) is 0 Å². The van der Waals surface area contributed by atoms with Crippen LogP contribution in [0.5, 0.6) is 0 Å². The van der Waals surface area contributed by atoms with E-state index < -0.39 is 0 Å². The molecule has 1 atom stereocenters. The number of rotatable bonds is 2. The molecule has 0 saturated carbocycles. The Morgan fingerprint density at radius 1 is 1.47 bits per heavy atom. The highest BCUT2D eigenvalue weighted by atomic mass is 16.5. The number of nitrogens with zero attached hydrogens (tertiary/aromatic N) is 2. The first-order valence-electron chi connectivity index (χ1n) is 5.43.